The Bertz CT molecular complexity index is 1250. The van der Waals surface area contributed by atoms with Gasteiger partial charge in [-0.05, 0) is 35.1 Å². The van der Waals surface area contributed by atoms with Gasteiger partial charge in [-0.25, -0.2) is 4.68 Å². The lowest BCUT2D eigenvalue weighted by Gasteiger charge is -2.36. The van der Waals surface area contributed by atoms with Gasteiger partial charge in [0.25, 0.3) is 5.56 Å². The molecule has 1 atom stereocenters. The van der Waals surface area contributed by atoms with E-state index in [-0.39, 0.29) is 24.1 Å². The first-order valence-electron chi connectivity index (χ1n) is 9.58. The number of fused-ring (bicyclic) bond motifs is 2. The van der Waals surface area contributed by atoms with E-state index in [1.807, 2.05) is 41.3 Å². The molecular weight excluding hydrogens is 382 g/mol. The van der Waals surface area contributed by atoms with E-state index in [0.717, 1.165) is 17.4 Å². The predicted octanol–water partition coefficient (Wildman–Crippen LogP) is 3.63. The van der Waals surface area contributed by atoms with E-state index < -0.39 is 0 Å². The van der Waals surface area contributed by atoms with Crippen molar-refractivity contribution in [3.05, 3.63) is 98.6 Å². The quantitative estimate of drug-likeness (QED) is 0.527. The van der Waals surface area contributed by atoms with Crippen LogP contribution in [0.1, 0.15) is 22.0 Å². The number of benzene rings is 2. The van der Waals surface area contributed by atoms with Gasteiger partial charge in [0.1, 0.15) is 6.54 Å². The van der Waals surface area contributed by atoms with Crippen LogP contribution in [0.5, 0.6) is 0 Å². The van der Waals surface area contributed by atoms with Gasteiger partial charge < -0.3 is 4.90 Å². The molecule has 2 aromatic heterocycles. The van der Waals surface area contributed by atoms with Crippen molar-refractivity contribution in [2.24, 2.45) is 0 Å². The minimum absolute atomic E-state index is 0.0630. The fourth-order valence-electron chi connectivity index (χ4n) is 4.04. The number of thiophene rings is 1. The molecule has 29 heavy (non-hydrogen) atoms. The summed E-state index contributed by atoms with van der Waals surface area (Å²) in [6.07, 6.45) is 2.48. The highest BCUT2D eigenvalue weighted by molar-refractivity contribution is 7.10. The Morgan fingerprint density at radius 3 is 2.72 bits per heavy atom. The van der Waals surface area contributed by atoms with Gasteiger partial charge in [0.15, 0.2) is 0 Å². The highest BCUT2D eigenvalue weighted by atomic mass is 32.1. The number of carbonyl (C=O) groups is 1. The Morgan fingerprint density at radius 2 is 1.86 bits per heavy atom. The Kier molecular flexibility index (Phi) is 4.48. The minimum atomic E-state index is -0.235. The number of hydrogen-bond donors (Lipinski definition) is 0. The number of carbonyl (C=O) groups excluding carboxylic acids is 1. The van der Waals surface area contributed by atoms with E-state index in [1.165, 1.54) is 15.1 Å². The summed E-state index contributed by atoms with van der Waals surface area (Å²) in [6.45, 7) is 0.570. The molecule has 0 N–H and O–H groups in total. The Morgan fingerprint density at radius 1 is 1.07 bits per heavy atom. The van der Waals surface area contributed by atoms with E-state index in [2.05, 4.69) is 28.7 Å². The number of amides is 1. The van der Waals surface area contributed by atoms with E-state index in [4.69, 9.17) is 0 Å². The van der Waals surface area contributed by atoms with E-state index >= 15 is 0 Å². The fraction of sp³-hybridized carbons (Fsp3) is 0.174. The lowest BCUT2D eigenvalue weighted by atomic mass is 9.93. The van der Waals surface area contributed by atoms with Crippen LogP contribution < -0.4 is 5.56 Å². The lowest BCUT2D eigenvalue weighted by Crippen LogP contribution is -2.43. The second-order valence-corrected chi connectivity index (χ2v) is 8.14. The van der Waals surface area contributed by atoms with Crippen LogP contribution >= 0.6 is 11.3 Å². The van der Waals surface area contributed by atoms with Gasteiger partial charge in [-0.15, -0.1) is 11.3 Å². The summed E-state index contributed by atoms with van der Waals surface area (Å²) >= 11 is 1.74. The molecule has 0 saturated carbocycles. The summed E-state index contributed by atoms with van der Waals surface area (Å²) in [5.74, 6) is -0.0967. The largest absolute Gasteiger partial charge is 0.330 e. The van der Waals surface area contributed by atoms with Crippen LogP contribution in [0.15, 0.2) is 77.0 Å². The van der Waals surface area contributed by atoms with Gasteiger partial charge in [0.05, 0.1) is 17.6 Å². The summed E-state index contributed by atoms with van der Waals surface area (Å²) in [5, 5.41) is 7.68. The molecule has 4 aromatic rings. The standard InChI is InChI=1S/C23H19N3O2S/c27-21(15-26-23(28)18-9-5-4-8-17(18)14-24-26)25-12-10-20-19(11-13-29-20)22(25)16-6-2-1-3-7-16/h1-9,11,13-14,22H,10,12,15H2/t22-/m1/s1. The Labute approximate surface area is 171 Å². The molecule has 0 unspecified atom stereocenters. The molecule has 5 rings (SSSR count). The van der Waals surface area contributed by atoms with Crippen LogP contribution in [-0.2, 0) is 17.8 Å². The average molecular weight is 401 g/mol. The summed E-state index contributed by atoms with van der Waals surface area (Å²) in [6, 6.07) is 19.4. The monoisotopic (exact) mass is 401 g/mol. The molecule has 1 aliphatic heterocycles. The normalized spacial score (nSPS) is 16.0. The van der Waals surface area contributed by atoms with Crippen LogP contribution in [0, 0.1) is 0 Å². The van der Waals surface area contributed by atoms with Crippen LogP contribution in [0.2, 0.25) is 0 Å². The second kappa shape index (κ2) is 7.29. The van der Waals surface area contributed by atoms with Gasteiger partial charge in [0.2, 0.25) is 5.91 Å². The maximum atomic E-state index is 13.3. The number of nitrogens with zero attached hydrogens (tertiary/aromatic N) is 3. The molecule has 0 radical (unpaired) electrons. The van der Waals surface area contributed by atoms with Crippen molar-refractivity contribution < 1.29 is 4.79 Å². The number of aromatic nitrogens is 2. The highest BCUT2D eigenvalue weighted by Crippen LogP contribution is 2.37. The molecule has 0 fully saturated rings. The van der Waals surface area contributed by atoms with E-state index in [1.54, 1.807) is 23.6 Å². The van der Waals surface area contributed by atoms with Crippen LogP contribution in [0.4, 0.5) is 0 Å². The van der Waals surface area contributed by atoms with E-state index in [0.29, 0.717) is 11.9 Å². The van der Waals surface area contributed by atoms with Crippen molar-refractivity contribution in [3.63, 3.8) is 0 Å². The first kappa shape index (κ1) is 17.8. The molecule has 0 spiro atoms. The van der Waals surface area contributed by atoms with Crippen molar-refractivity contribution in [1.29, 1.82) is 0 Å². The minimum Gasteiger partial charge on any atom is -0.330 e. The van der Waals surface area contributed by atoms with Gasteiger partial charge in [-0.2, -0.15) is 5.10 Å². The average Bonchev–Trinajstić information content (AvgIpc) is 3.24. The van der Waals surface area contributed by atoms with Gasteiger partial charge in [0, 0.05) is 16.8 Å². The van der Waals surface area contributed by atoms with Gasteiger partial charge in [-0.3, -0.25) is 9.59 Å². The molecule has 2 aromatic carbocycles. The number of rotatable bonds is 3. The summed E-state index contributed by atoms with van der Waals surface area (Å²) in [4.78, 5) is 29.3. The SMILES string of the molecule is O=C(Cn1ncc2ccccc2c1=O)N1CCc2sccc2[C@H]1c1ccccc1. The van der Waals surface area contributed by atoms with Gasteiger partial charge >= 0.3 is 0 Å². The zero-order chi connectivity index (χ0) is 19.8. The van der Waals surface area contributed by atoms with Crippen molar-refractivity contribution >= 4 is 28.0 Å². The summed E-state index contributed by atoms with van der Waals surface area (Å²) in [5.41, 5.74) is 2.03. The summed E-state index contributed by atoms with van der Waals surface area (Å²) in [7, 11) is 0. The zero-order valence-electron chi connectivity index (χ0n) is 15.7. The molecule has 0 aliphatic carbocycles. The first-order chi connectivity index (χ1) is 14.2. The molecule has 144 valence electrons. The second-order valence-electron chi connectivity index (χ2n) is 7.14. The Hall–Kier alpha value is -3.25. The van der Waals surface area contributed by atoms with Crippen LogP contribution in [0.3, 0.4) is 0 Å². The first-order valence-corrected chi connectivity index (χ1v) is 10.5. The third-order valence-corrected chi connectivity index (χ3v) is 6.44. The van der Waals surface area contributed by atoms with Crippen molar-refractivity contribution in [1.82, 2.24) is 14.7 Å². The fourth-order valence-corrected chi connectivity index (χ4v) is 4.94. The number of hydrogen-bond acceptors (Lipinski definition) is 4. The van der Waals surface area contributed by atoms with Crippen molar-refractivity contribution in [3.8, 4) is 0 Å². The molecule has 0 saturated heterocycles. The molecule has 5 nitrogen and oxygen atoms in total. The van der Waals surface area contributed by atoms with Crippen molar-refractivity contribution in [2.75, 3.05) is 6.54 Å². The molecule has 6 heteroatoms. The molecule has 1 amide bonds. The smallest absolute Gasteiger partial charge is 0.275 e. The molecule has 0 bridgehead atoms. The maximum Gasteiger partial charge on any atom is 0.275 e. The maximum absolute atomic E-state index is 13.3. The third-order valence-electron chi connectivity index (χ3n) is 5.45. The Balaban J connectivity index is 1.50. The van der Waals surface area contributed by atoms with Crippen LogP contribution in [0.25, 0.3) is 10.8 Å². The molecular formula is C23H19N3O2S. The van der Waals surface area contributed by atoms with Crippen molar-refractivity contribution in [2.45, 2.75) is 19.0 Å². The highest BCUT2D eigenvalue weighted by Gasteiger charge is 2.32. The zero-order valence-corrected chi connectivity index (χ0v) is 16.5. The van der Waals surface area contributed by atoms with Crippen LogP contribution in [-0.4, -0.2) is 27.1 Å². The lowest BCUT2D eigenvalue weighted by molar-refractivity contribution is -0.134. The molecule has 3 heterocycles. The predicted molar refractivity (Wildman–Crippen MR) is 114 cm³/mol. The molecule has 1 aliphatic rings. The third kappa shape index (κ3) is 3.15. The van der Waals surface area contributed by atoms with Gasteiger partial charge in [-0.1, -0.05) is 48.5 Å². The summed E-state index contributed by atoms with van der Waals surface area (Å²) < 4.78 is 1.27. The topological polar surface area (TPSA) is 55.2 Å². The van der Waals surface area contributed by atoms with E-state index in [9.17, 15) is 9.59 Å².